The van der Waals surface area contributed by atoms with Gasteiger partial charge in [-0.15, -0.1) is 0 Å². The smallest absolute Gasteiger partial charge is 0.251 e. The molecule has 1 rings (SSSR count). The Balaban J connectivity index is 2.85. The van der Waals surface area contributed by atoms with E-state index in [1.54, 1.807) is 19.1 Å². The van der Waals surface area contributed by atoms with E-state index in [9.17, 15) is 9.59 Å². The number of halogens is 1. The molecule has 5 nitrogen and oxygen atoms in total. The van der Waals surface area contributed by atoms with E-state index in [0.717, 1.165) is 0 Å². The van der Waals surface area contributed by atoms with Gasteiger partial charge in [-0.05, 0) is 25.1 Å². The molecular weight excluding hydrogens is 278 g/mol. The van der Waals surface area contributed by atoms with Crippen molar-refractivity contribution in [3.63, 3.8) is 0 Å². The fourth-order valence-corrected chi connectivity index (χ4v) is 1.69. The number of carbonyl (C=O) groups excluding carboxylic acids is 2. The van der Waals surface area contributed by atoms with Crippen LogP contribution in [0.4, 0.5) is 0 Å². The molecule has 1 aromatic rings. The van der Waals surface area contributed by atoms with Crippen LogP contribution in [-0.4, -0.2) is 31.4 Å². The first-order chi connectivity index (χ1) is 9.49. The standard InChI is InChI=1S/C14H16ClN3O2/c1-9(13(19)17-2)18-14(20)11-6-5-10(4-3-7-16)12(15)8-11/h5-6,8-9H,7,16H2,1-2H3,(H,17,19)(H,18,20). The number of carbonyl (C=O) groups is 2. The van der Waals surface area contributed by atoms with E-state index in [-0.39, 0.29) is 18.4 Å². The SMILES string of the molecule is CNC(=O)C(C)NC(=O)c1ccc(C#CCN)c(Cl)c1. The lowest BCUT2D eigenvalue weighted by Gasteiger charge is -2.12. The number of hydrogen-bond acceptors (Lipinski definition) is 3. The van der Waals surface area contributed by atoms with Gasteiger partial charge in [0, 0.05) is 18.2 Å². The topological polar surface area (TPSA) is 84.2 Å². The van der Waals surface area contributed by atoms with Gasteiger partial charge in [0.05, 0.1) is 11.6 Å². The summed E-state index contributed by atoms with van der Waals surface area (Å²) in [7, 11) is 1.51. The van der Waals surface area contributed by atoms with Crippen LogP contribution in [0.25, 0.3) is 0 Å². The Morgan fingerprint density at radius 2 is 2.15 bits per heavy atom. The van der Waals surface area contributed by atoms with Crippen LogP contribution in [0.3, 0.4) is 0 Å². The molecule has 0 aliphatic rings. The van der Waals surface area contributed by atoms with Gasteiger partial charge in [-0.2, -0.15) is 0 Å². The van der Waals surface area contributed by atoms with Crippen molar-refractivity contribution < 1.29 is 9.59 Å². The van der Waals surface area contributed by atoms with Gasteiger partial charge >= 0.3 is 0 Å². The van der Waals surface area contributed by atoms with Crippen molar-refractivity contribution in [3.05, 3.63) is 34.3 Å². The molecule has 1 aromatic carbocycles. The average molecular weight is 294 g/mol. The van der Waals surface area contributed by atoms with Gasteiger partial charge in [-0.3, -0.25) is 9.59 Å². The van der Waals surface area contributed by atoms with Crippen LogP contribution in [0, 0.1) is 11.8 Å². The summed E-state index contributed by atoms with van der Waals surface area (Å²) in [6.07, 6.45) is 0. The van der Waals surface area contributed by atoms with Crippen LogP contribution in [0.2, 0.25) is 5.02 Å². The largest absolute Gasteiger partial charge is 0.357 e. The highest BCUT2D eigenvalue weighted by Crippen LogP contribution is 2.17. The molecular formula is C14H16ClN3O2. The molecule has 0 saturated carbocycles. The fraction of sp³-hybridized carbons (Fsp3) is 0.286. The molecule has 0 radical (unpaired) electrons. The van der Waals surface area contributed by atoms with Gasteiger partial charge in [0.2, 0.25) is 5.91 Å². The molecule has 0 spiro atoms. The number of rotatable bonds is 3. The minimum absolute atomic E-state index is 0.238. The highest BCUT2D eigenvalue weighted by molar-refractivity contribution is 6.32. The lowest BCUT2D eigenvalue weighted by atomic mass is 10.1. The van der Waals surface area contributed by atoms with Crippen LogP contribution < -0.4 is 16.4 Å². The monoisotopic (exact) mass is 293 g/mol. The Morgan fingerprint density at radius 3 is 2.70 bits per heavy atom. The van der Waals surface area contributed by atoms with Gasteiger partial charge < -0.3 is 16.4 Å². The molecule has 0 bridgehead atoms. The Bertz CT molecular complexity index is 576. The van der Waals surface area contributed by atoms with Crippen molar-refractivity contribution in [2.24, 2.45) is 5.73 Å². The lowest BCUT2D eigenvalue weighted by molar-refractivity contribution is -0.122. The lowest BCUT2D eigenvalue weighted by Crippen LogP contribution is -2.43. The maximum absolute atomic E-state index is 11.9. The third-order valence-electron chi connectivity index (χ3n) is 2.54. The summed E-state index contributed by atoms with van der Waals surface area (Å²) >= 11 is 6.03. The summed E-state index contributed by atoms with van der Waals surface area (Å²) in [5, 5.41) is 5.39. The quantitative estimate of drug-likeness (QED) is 0.710. The molecule has 0 aliphatic heterocycles. The van der Waals surface area contributed by atoms with Crippen molar-refractivity contribution in [1.29, 1.82) is 0 Å². The van der Waals surface area contributed by atoms with E-state index >= 15 is 0 Å². The molecule has 0 heterocycles. The zero-order chi connectivity index (χ0) is 15.1. The second-order valence-electron chi connectivity index (χ2n) is 4.01. The summed E-state index contributed by atoms with van der Waals surface area (Å²) < 4.78 is 0. The van der Waals surface area contributed by atoms with Gasteiger partial charge in [0.15, 0.2) is 0 Å². The van der Waals surface area contributed by atoms with Gasteiger partial charge in [-0.1, -0.05) is 23.4 Å². The van der Waals surface area contributed by atoms with Gasteiger partial charge in [-0.25, -0.2) is 0 Å². The van der Waals surface area contributed by atoms with E-state index < -0.39 is 6.04 Å². The van der Waals surface area contributed by atoms with E-state index in [1.165, 1.54) is 13.1 Å². The van der Waals surface area contributed by atoms with Crippen LogP contribution in [0.5, 0.6) is 0 Å². The highest BCUT2D eigenvalue weighted by atomic mass is 35.5. The van der Waals surface area contributed by atoms with Crippen LogP contribution in [0.1, 0.15) is 22.8 Å². The first-order valence-electron chi connectivity index (χ1n) is 6.00. The third-order valence-corrected chi connectivity index (χ3v) is 2.86. The summed E-state index contributed by atoms with van der Waals surface area (Å²) in [6.45, 7) is 1.83. The van der Waals surface area contributed by atoms with Crippen molar-refractivity contribution in [2.45, 2.75) is 13.0 Å². The molecule has 1 atom stereocenters. The molecule has 0 aromatic heterocycles. The van der Waals surface area contributed by atoms with Crippen LogP contribution in [-0.2, 0) is 4.79 Å². The number of nitrogens with two attached hydrogens (primary N) is 1. The maximum atomic E-state index is 11.9. The summed E-state index contributed by atoms with van der Waals surface area (Å²) in [5.74, 6) is 4.85. The second-order valence-corrected chi connectivity index (χ2v) is 4.42. The van der Waals surface area contributed by atoms with E-state index in [0.29, 0.717) is 16.1 Å². The van der Waals surface area contributed by atoms with E-state index in [4.69, 9.17) is 17.3 Å². The minimum Gasteiger partial charge on any atom is -0.357 e. The van der Waals surface area contributed by atoms with E-state index in [2.05, 4.69) is 22.5 Å². The second kappa shape index (κ2) is 7.53. The third kappa shape index (κ3) is 4.26. The van der Waals surface area contributed by atoms with Crippen molar-refractivity contribution >= 4 is 23.4 Å². The molecule has 0 aliphatic carbocycles. The summed E-state index contributed by atoms with van der Waals surface area (Å²) in [4.78, 5) is 23.3. The highest BCUT2D eigenvalue weighted by Gasteiger charge is 2.15. The summed E-state index contributed by atoms with van der Waals surface area (Å²) in [6, 6.07) is 4.12. The molecule has 106 valence electrons. The predicted molar refractivity (Wildman–Crippen MR) is 78.4 cm³/mol. The molecule has 1 unspecified atom stereocenters. The van der Waals surface area contributed by atoms with Crippen molar-refractivity contribution in [1.82, 2.24) is 10.6 Å². The average Bonchev–Trinajstić information content (AvgIpc) is 2.44. The normalized spacial score (nSPS) is 11.0. The molecule has 0 fully saturated rings. The molecule has 0 saturated heterocycles. The predicted octanol–water partition coefficient (Wildman–Crippen LogP) is 0.515. The zero-order valence-electron chi connectivity index (χ0n) is 11.3. The fourth-order valence-electron chi connectivity index (χ4n) is 1.47. The summed E-state index contributed by atoms with van der Waals surface area (Å²) in [5.41, 5.74) is 6.25. The minimum atomic E-state index is -0.622. The molecule has 4 N–H and O–H groups in total. The number of likely N-dealkylation sites (N-methyl/N-ethyl adjacent to an activating group) is 1. The van der Waals surface area contributed by atoms with Gasteiger partial charge in [0.25, 0.3) is 5.91 Å². The number of hydrogen-bond donors (Lipinski definition) is 3. The van der Waals surface area contributed by atoms with E-state index in [1.807, 2.05) is 0 Å². The Morgan fingerprint density at radius 1 is 1.45 bits per heavy atom. The number of benzene rings is 1. The Labute approximate surface area is 122 Å². The first kappa shape index (κ1) is 16.0. The van der Waals surface area contributed by atoms with Gasteiger partial charge in [0.1, 0.15) is 6.04 Å². The van der Waals surface area contributed by atoms with Crippen molar-refractivity contribution in [3.8, 4) is 11.8 Å². The number of nitrogens with one attached hydrogen (secondary N) is 2. The molecule has 6 heteroatoms. The van der Waals surface area contributed by atoms with Crippen LogP contribution >= 0.6 is 11.6 Å². The Hall–Kier alpha value is -2.03. The zero-order valence-corrected chi connectivity index (χ0v) is 12.0. The van der Waals surface area contributed by atoms with Crippen LogP contribution in [0.15, 0.2) is 18.2 Å². The number of amides is 2. The molecule has 2 amide bonds. The first-order valence-corrected chi connectivity index (χ1v) is 6.38. The van der Waals surface area contributed by atoms with Crippen molar-refractivity contribution in [2.75, 3.05) is 13.6 Å². The Kier molecular flexibility index (Phi) is 6.04. The molecule has 20 heavy (non-hydrogen) atoms. The maximum Gasteiger partial charge on any atom is 0.251 e.